The van der Waals surface area contributed by atoms with Crippen molar-refractivity contribution in [3.05, 3.63) is 37.0 Å². The van der Waals surface area contributed by atoms with Gasteiger partial charge in [-0.15, -0.1) is 0 Å². The van der Waals surface area contributed by atoms with Gasteiger partial charge < -0.3 is 0 Å². The van der Waals surface area contributed by atoms with Crippen LogP contribution in [-0.4, -0.2) is 0 Å². The van der Waals surface area contributed by atoms with E-state index in [0.29, 0.717) is 0 Å². The van der Waals surface area contributed by atoms with Crippen molar-refractivity contribution >= 4 is 0 Å². The maximum Gasteiger partial charge on any atom is -0.0348 e. The smallest absolute Gasteiger partial charge is 0.0348 e. The summed E-state index contributed by atoms with van der Waals surface area (Å²) in [7, 11) is 0. The predicted molar refractivity (Wildman–Crippen MR) is 121 cm³/mol. The van der Waals surface area contributed by atoms with Crippen molar-refractivity contribution in [2.75, 3.05) is 0 Å². The Morgan fingerprint density at radius 1 is 0.462 bits per heavy atom. The van der Waals surface area contributed by atoms with Gasteiger partial charge in [-0.1, -0.05) is 153 Å². The molecule has 1 radical (unpaired) electrons. The van der Waals surface area contributed by atoms with Crippen LogP contribution in [0, 0.1) is 6.58 Å². The van der Waals surface area contributed by atoms with Gasteiger partial charge in [0.2, 0.25) is 0 Å². The van der Waals surface area contributed by atoms with E-state index >= 15 is 0 Å². The molecular weight excluding hydrogens is 312 g/mol. The molecule has 0 rings (SSSR count). The highest BCUT2D eigenvalue weighted by Gasteiger charge is 1.94. The van der Waals surface area contributed by atoms with E-state index < -0.39 is 0 Å². The minimum Gasteiger partial charge on any atom is -0.0845 e. The molecule has 0 aromatic rings. The Labute approximate surface area is 166 Å². The lowest BCUT2D eigenvalue weighted by atomic mass is 10.0. The highest BCUT2D eigenvalue weighted by molar-refractivity contribution is 5.07. The first-order valence-corrected chi connectivity index (χ1v) is 11.8. The van der Waals surface area contributed by atoms with E-state index in [2.05, 4.69) is 19.1 Å². The van der Waals surface area contributed by atoms with Crippen LogP contribution in [0.5, 0.6) is 0 Å². The molecule has 0 aliphatic carbocycles. The fourth-order valence-corrected chi connectivity index (χ4v) is 3.47. The zero-order chi connectivity index (χ0) is 19.0. The lowest BCUT2D eigenvalue weighted by Gasteiger charge is -2.03. The monoisotopic (exact) mass is 359 g/mol. The van der Waals surface area contributed by atoms with E-state index in [0.717, 1.165) is 0 Å². The quantitative estimate of drug-likeness (QED) is 0.141. The van der Waals surface area contributed by atoms with Crippen molar-refractivity contribution < 1.29 is 0 Å². The molecule has 0 aliphatic rings. The van der Waals surface area contributed by atoms with Crippen LogP contribution in [0.4, 0.5) is 0 Å². The topological polar surface area (TPSA) is 0 Å². The van der Waals surface area contributed by atoms with Crippen LogP contribution in [0.15, 0.2) is 30.4 Å². The molecule has 0 amide bonds. The summed E-state index contributed by atoms with van der Waals surface area (Å²) in [5, 5.41) is 0. The zero-order valence-corrected chi connectivity index (χ0v) is 17.9. The first-order chi connectivity index (χ1) is 12.9. The Bertz CT molecular complexity index is 310. The van der Waals surface area contributed by atoms with Crippen LogP contribution in [0.2, 0.25) is 0 Å². The van der Waals surface area contributed by atoms with Crippen molar-refractivity contribution in [2.45, 2.75) is 129 Å². The molecule has 0 spiro atoms. The molecule has 0 N–H and O–H groups in total. The summed E-state index contributed by atoms with van der Waals surface area (Å²) < 4.78 is 0. The second-order valence-corrected chi connectivity index (χ2v) is 7.80. The number of unbranched alkanes of at least 4 members (excludes halogenated alkanes) is 18. The highest BCUT2D eigenvalue weighted by Crippen LogP contribution is 2.14. The van der Waals surface area contributed by atoms with E-state index in [1.54, 1.807) is 6.08 Å². The minimum atomic E-state index is 1.20. The van der Waals surface area contributed by atoms with Gasteiger partial charge in [0.15, 0.2) is 0 Å². The third-order valence-electron chi connectivity index (χ3n) is 5.19. The van der Waals surface area contributed by atoms with Crippen molar-refractivity contribution in [3.63, 3.8) is 0 Å². The number of hydrogen-bond acceptors (Lipinski definition) is 0. The first-order valence-electron chi connectivity index (χ1n) is 11.8. The Hall–Kier alpha value is -0.780. The van der Waals surface area contributed by atoms with Crippen LogP contribution in [0.1, 0.15) is 129 Å². The molecular formula is C26H47. The van der Waals surface area contributed by atoms with Gasteiger partial charge >= 0.3 is 0 Å². The van der Waals surface area contributed by atoms with Crippen LogP contribution in [0.25, 0.3) is 0 Å². The summed E-state index contributed by atoms with van der Waals surface area (Å²) in [6, 6.07) is 0. The molecule has 0 heterocycles. The van der Waals surface area contributed by atoms with E-state index in [1.807, 2.05) is 12.2 Å². The molecule has 0 saturated heterocycles. The van der Waals surface area contributed by atoms with Gasteiger partial charge in [0.25, 0.3) is 0 Å². The molecule has 0 heteroatoms. The molecule has 0 aromatic carbocycles. The number of allylic oxidation sites excluding steroid dienone is 5. The van der Waals surface area contributed by atoms with E-state index in [-0.39, 0.29) is 0 Å². The highest BCUT2D eigenvalue weighted by atomic mass is 14.0. The maximum atomic E-state index is 5.27. The summed E-state index contributed by atoms with van der Waals surface area (Å²) in [6.45, 7) is 7.57. The molecule has 0 aromatic heterocycles. The SMILES string of the molecule is [CH]=C/C=C/C=C/CCCCCCCCCCCCCCCCCCCC. The van der Waals surface area contributed by atoms with E-state index in [9.17, 15) is 0 Å². The molecule has 151 valence electrons. The summed E-state index contributed by atoms with van der Waals surface area (Å²) in [5.41, 5.74) is 0. The van der Waals surface area contributed by atoms with E-state index in [4.69, 9.17) is 6.58 Å². The van der Waals surface area contributed by atoms with Crippen molar-refractivity contribution in [3.8, 4) is 0 Å². The fraction of sp³-hybridized carbons (Fsp3) is 0.769. The molecule has 0 aliphatic heterocycles. The second kappa shape index (κ2) is 24.2. The standard InChI is InChI=1S/C26H47/c1-3-5-7-9-11-13-15-17-19-21-23-25-26-24-22-20-18-16-14-12-10-8-6-4-2/h1,3,5,7,9,11H,4,6,8,10,12-26H2,2H3/b3-1?,7-5+,11-9+. The minimum absolute atomic E-state index is 1.20. The second-order valence-electron chi connectivity index (χ2n) is 7.80. The summed E-state index contributed by atoms with van der Waals surface area (Å²) >= 11 is 0. The third kappa shape index (κ3) is 23.2. The average Bonchev–Trinajstić information content (AvgIpc) is 2.66. The molecule has 0 nitrogen and oxygen atoms in total. The van der Waals surface area contributed by atoms with Crippen molar-refractivity contribution in [1.82, 2.24) is 0 Å². The largest absolute Gasteiger partial charge is 0.0845 e. The Morgan fingerprint density at radius 3 is 1.23 bits per heavy atom. The lowest BCUT2D eigenvalue weighted by Crippen LogP contribution is -1.84. The molecule has 0 atom stereocenters. The zero-order valence-electron chi connectivity index (χ0n) is 17.9. The van der Waals surface area contributed by atoms with E-state index in [1.165, 1.54) is 122 Å². The lowest BCUT2D eigenvalue weighted by molar-refractivity contribution is 0.525. The van der Waals surface area contributed by atoms with Crippen molar-refractivity contribution in [1.29, 1.82) is 0 Å². The van der Waals surface area contributed by atoms with Gasteiger partial charge in [-0.2, -0.15) is 0 Å². The number of hydrogen-bond donors (Lipinski definition) is 0. The molecule has 0 fully saturated rings. The maximum absolute atomic E-state index is 5.27. The van der Waals surface area contributed by atoms with Gasteiger partial charge in [-0.05, 0) is 12.8 Å². The molecule has 0 saturated carbocycles. The Morgan fingerprint density at radius 2 is 0.846 bits per heavy atom. The summed E-state index contributed by atoms with van der Waals surface area (Å²) in [6.07, 6.45) is 36.9. The molecule has 0 bridgehead atoms. The summed E-state index contributed by atoms with van der Waals surface area (Å²) in [4.78, 5) is 0. The normalized spacial score (nSPS) is 11.7. The van der Waals surface area contributed by atoms with Gasteiger partial charge in [0.1, 0.15) is 0 Å². The van der Waals surface area contributed by atoms with Gasteiger partial charge in [0.05, 0.1) is 0 Å². The predicted octanol–water partition coefficient (Wildman–Crippen LogP) is 9.52. The van der Waals surface area contributed by atoms with Crippen LogP contribution in [0.3, 0.4) is 0 Å². The van der Waals surface area contributed by atoms with Crippen LogP contribution in [-0.2, 0) is 0 Å². The molecule has 26 heavy (non-hydrogen) atoms. The van der Waals surface area contributed by atoms with Gasteiger partial charge in [-0.3, -0.25) is 0 Å². The fourth-order valence-electron chi connectivity index (χ4n) is 3.47. The average molecular weight is 360 g/mol. The Balaban J connectivity index is 3.04. The summed E-state index contributed by atoms with van der Waals surface area (Å²) in [5.74, 6) is 0. The van der Waals surface area contributed by atoms with Crippen molar-refractivity contribution in [2.24, 2.45) is 0 Å². The van der Waals surface area contributed by atoms with Crippen LogP contribution < -0.4 is 0 Å². The third-order valence-corrected chi connectivity index (χ3v) is 5.19. The molecule has 0 unspecified atom stereocenters. The number of rotatable bonds is 21. The first kappa shape index (κ1) is 25.2. The van der Waals surface area contributed by atoms with Gasteiger partial charge in [-0.25, -0.2) is 0 Å². The Kier molecular flexibility index (Phi) is 23.5. The van der Waals surface area contributed by atoms with Crippen LogP contribution >= 0.6 is 0 Å². The van der Waals surface area contributed by atoms with Gasteiger partial charge in [0, 0.05) is 0 Å².